The molecule has 0 aromatic carbocycles. The van der Waals surface area contributed by atoms with Gasteiger partial charge >= 0.3 is 5.97 Å². The minimum atomic E-state index is -0.0477. The van der Waals surface area contributed by atoms with Crippen LogP contribution in [0.4, 0.5) is 0 Å². The highest BCUT2D eigenvalue weighted by Crippen LogP contribution is 2.41. The standard InChI is InChI=1S/C12H19NO2S/c1-3-5-9-6-7-11-13(9)10(8-16-11)12(14)15-4-2/h3,9-11H,1,4-8H2,2H3. The summed E-state index contributed by atoms with van der Waals surface area (Å²) in [5, 5.41) is 0.527. The van der Waals surface area contributed by atoms with Crippen molar-refractivity contribution in [1.82, 2.24) is 4.90 Å². The van der Waals surface area contributed by atoms with Gasteiger partial charge in [0.05, 0.1) is 12.0 Å². The molecule has 0 radical (unpaired) electrons. The third kappa shape index (κ3) is 2.13. The number of hydrogen-bond donors (Lipinski definition) is 0. The van der Waals surface area contributed by atoms with Gasteiger partial charge < -0.3 is 4.74 Å². The summed E-state index contributed by atoms with van der Waals surface area (Å²) >= 11 is 1.90. The fourth-order valence-electron chi connectivity index (χ4n) is 2.64. The highest BCUT2D eigenvalue weighted by molar-refractivity contribution is 8.00. The number of esters is 1. The molecule has 2 fully saturated rings. The van der Waals surface area contributed by atoms with Gasteiger partial charge in [-0.05, 0) is 26.2 Å². The molecule has 16 heavy (non-hydrogen) atoms. The van der Waals surface area contributed by atoms with Gasteiger partial charge in [-0.25, -0.2) is 0 Å². The lowest BCUT2D eigenvalue weighted by Gasteiger charge is -2.27. The van der Waals surface area contributed by atoms with Gasteiger partial charge in [0.1, 0.15) is 6.04 Å². The van der Waals surface area contributed by atoms with E-state index in [9.17, 15) is 4.79 Å². The molecule has 2 heterocycles. The lowest BCUT2D eigenvalue weighted by atomic mass is 10.1. The van der Waals surface area contributed by atoms with Crippen LogP contribution in [0.5, 0.6) is 0 Å². The normalized spacial score (nSPS) is 33.7. The zero-order chi connectivity index (χ0) is 11.5. The summed E-state index contributed by atoms with van der Waals surface area (Å²) < 4.78 is 5.14. The van der Waals surface area contributed by atoms with Crippen LogP contribution < -0.4 is 0 Å². The maximum Gasteiger partial charge on any atom is 0.324 e. The van der Waals surface area contributed by atoms with Crippen molar-refractivity contribution in [3.63, 3.8) is 0 Å². The van der Waals surface area contributed by atoms with E-state index in [1.165, 1.54) is 12.8 Å². The van der Waals surface area contributed by atoms with Crippen LogP contribution in [0, 0.1) is 0 Å². The van der Waals surface area contributed by atoms with Crippen LogP contribution >= 0.6 is 11.8 Å². The molecule has 2 rings (SSSR count). The van der Waals surface area contributed by atoms with Gasteiger partial charge in [-0.2, -0.15) is 0 Å². The Kier molecular flexibility index (Phi) is 3.92. The third-order valence-electron chi connectivity index (χ3n) is 3.30. The van der Waals surface area contributed by atoms with E-state index in [2.05, 4.69) is 11.5 Å². The predicted molar refractivity (Wildman–Crippen MR) is 66.3 cm³/mol. The average Bonchev–Trinajstić information content (AvgIpc) is 2.81. The van der Waals surface area contributed by atoms with Gasteiger partial charge in [0.2, 0.25) is 0 Å². The molecule has 3 atom stereocenters. The highest BCUT2D eigenvalue weighted by atomic mass is 32.2. The third-order valence-corrected chi connectivity index (χ3v) is 4.68. The first-order valence-electron chi connectivity index (χ1n) is 5.94. The SMILES string of the molecule is C=CCC1CCC2SCC(C(=O)OCC)N12. The van der Waals surface area contributed by atoms with E-state index in [0.29, 0.717) is 18.0 Å². The second-order valence-corrected chi connectivity index (χ2v) is 5.47. The van der Waals surface area contributed by atoms with Crippen molar-refractivity contribution in [2.24, 2.45) is 0 Å². The highest BCUT2D eigenvalue weighted by Gasteiger charge is 2.46. The van der Waals surface area contributed by atoms with Crippen molar-refractivity contribution in [2.45, 2.75) is 43.6 Å². The molecule has 2 saturated heterocycles. The van der Waals surface area contributed by atoms with Gasteiger partial charge in [-0.15, -0.1) is 18.3 Å². The lowest BCUT2D eigenvalue weighted by molar-refractivity contribution is -0.148. The Bertz CT molecular complexity index is 282. The Hall–Kier alpha value is -0.480. The van der Waals surface area contributed by atoms with Crippen molar-refractivity contribution < 1.29 is 9.53 Å². The Balaban J connectivity index is 2.04. The number of carbonyl (C=O) groups is 1. The number of ether oxygens (including phenoxy) is 1. The van der Waals surface area contributed by atoms with Crippen molar-refractivity contribution in [3.05, 3.63) is 12.7 Å². The second kappa shape index (κ2) is 5.23. The largest absolute Gasteiger partial charge is 0.465 e. The van der Waals surface area contributed by atoms with E-state index in [1.54, 1.807) is 0 Å². The maximum atomic E-state index is 11.8. The smallest absolute Gasteiger partial charge is 0.324 e. The van der Waals surface area contributed by atoms with E-state index < -0.39 is 0 Å². The number of hydrogen-bond acceptors (Lipinski definition) is 4. The number of fused-ring (bicyclic) bond motifs is 1. The molecule has 3 nitrogen and oxygen atoms in total. The Morgan fingerprint density at radius 2 is 2.44 bits per heavy atom. The molecule has 0 aromatic heterocycles. The first kappa shape index (κ1) is 12.0. The molecular formula is C12H19NO2S. The molecule has 0 aromatic rings. The monoisotopic (exact) mass is 241 g/mol. The molecule has 90 valence electrons. The molecule has 4 heteroatoms. The molecule has 3 unspecified atom stereocenters. The Morgan fingerprint density at radius 1 is 1.62 bits per heavy atom. The van der Waals surface area contributed by atoms with E-state index in [4.69, 9.17) is 4.74 Å². The lowest BCUT2D eigenvalue weighted by Crippen LogP contribution is -2.44. The molecule has 0 bridgehead atoms. The van der Waals surface area contributed by atoms with Crippen molar-refractivity contribution in [3.8, 4) is 0 Å². The molecular weight excluding hydrogens is 222 g/mol. The predicted octanol–water partition coefficient (Wildman–Crippen LogP) is 2.03. The minimum absolute atomic E-state index is 0.0256. The van der Waals surface area contributed by atoms with Crippen molar-refractivity contribution >= 4 is 17.7 Å². The summed E-state index contributed by atoms with van der Waals surface area (Å²) in [4.78, 5) is 14.2. The van der Waals surface area contributed by atoms with Crippen LogP contribution in [0.25, 0.3) is 0 Å². The van der Waals surface area contributed by atoms with Crippen LogP contribution in [0.2, 0.25) is 0 Å². The number of rotatable bonds is 4. The first-order valence-corrected chi connectivity index (χ1v) is 6.99. The molecule has 2 aliphatic rings. The second-order valence-electron chi connectivity index (χ2n) is 4.26. The van der Waals surface area contributed by atoms with Crippen LogP contribution in [-0.2, 0) is 9.53 Å². The van der Waals surface area contributed by atoms with E-state index >= 15 is 0 Å². The van der Waals surface area contributed by atoms with Crippen LogP contribution in [0.15, 0.2) is 12.7 Å². The summed E-state index contributed by atoms with van der Waals surface area (Å²) in [5.41, 5.74) is 0. The Morgan fingerprint density at radius 3 is 3.12 bits per heavy atom. The van der Waals surface area contributed by atoms with Gasteiger partial charge in [0.25, 0.3) is 0 Å². The zero-order valence-corrected chi connectivity index (χ0v) is 10.5. The Labute approximate surface area is 101 Å². The molecule has 0 amide bonds. The minimum Gasteiger partial charge on any atom is -0.465 e. The average molecular weight is 241 g/mol. The quantitative estimate of drug-likeness (QED) is 0.556. The summed E-state index contributed by atoms with van der Waals surface area (Å²) in [6, 6.07) is 0.467. The van der Waals surface area contributed by atoms with Gasteiger partial charge in [-0.3, -0.25) is 9.69 Å². The van der Waals surface area contributed by atoms with Crippen LogP contribution in [-0.4, -0.2) is 40.7 Å². The van der Waals surface area contributed by atoms with Gasteiger partial charge in [-0.1, -0.05) is 6.08 Å². The zero-order valence-electron chi connectivity index (χ0n) is 9.72. The van der Waals surface area contributed by atoms with Crippen LogP contribution in [0.1, 0.15) is 26.2 Å². The summed E-state index contributed by atoms with van der Waals surface area (Å²) in [7, 11) is 0. The fourth-order valence-corrected chi connectivity index (χ4v) is 4.15. The number of carbonyl (C=O) groups excluding carboxylic acids is 1. The van der Waals surface area contributed by atoms with E-state index in [0.717, 1.165) is 12.2 Å². The number of thioether (sulfide) groups is 1. The number of nitrogens with zero attached hydrogens (tertiary/aromatic N) is 1. The molecule has 0 spiro atoms. The van der Waals surface area contributed by atoms with Crippen molar-refractivity contribution in [2.75, 3.05) is 12.4 Å². The molecule has 0 N–H and O–H groups in total. The van der Waals surface area contributed by atoms with E-state index in [-0.39, 0.29) is 12.0 Å². The maximum absolute atomic E-state index is 11.8. The van der Waals surface area contributed by atoms with Crippen LogP contribution in [0.3, 0.4) is 0 Å². The molecule has 2 aliphatic heterocycles. The first-order chi connectivity index (χ1) is 7.77. The van der Waals surface area contributed by atoms with E-state index in [1.807, 2.05) is 24.8 Å². The summed E-state index contributed by atoms with van der Waals surface area (Å²) in [6.07, 6.45) is 5.31. The molecule has 0 saturated carbocycles. The fraction of sp³-hybridized carbons (Fsp3) is 0.750. The molecule has 0 aliphatic carbocycles. The summed E-state index contributed by atoms with van der Waals surface area (Å²) in [5.74, 6) is 0.838. The van der Waals surface area contributed by atoms with Gasteiger partial charge in [0.15, 0.2) is 0 Å². The van der Waals surface area contributed by atoms with Gasteiger partial charge in [0, 0.05) is 11.8 Å². The topological polar surface area (TPSA) is 29.5 Å². The van der Waals surface area contributed by atoms with Crippen molar-refractivity contribution in [1.29, 1.82) is 0 Å². The summed E-state index contributed by atoms with van der Waals surface area (Å²) in [6.45, 7) is 6.14.